The number of ketones is 1. The van der Waals surface area contributed by atoms with Crippen LogP contribution in [0.25, 0.3) is 0 Å². The number of rotatable bonds is 2. The molecular formula is C12H12N2OS2. The van der Waals surface area contributed by atoms with E-state index in [2.05, 4.69) is 9.97 Å². The summed E-state index contributed by atoms with van der Waals surface area (Å²) in [5, 5.41) is 2.01. The molecule has 0 unspecified atom stereocenters. The molecule has 0 aliphatic heterocycles. The summed E-state index contributed by atoms with van der Waals surface area (Å²) in [7, 11) is 0. The summed E-state index contributed by atoms with van der Waals surface area (Å²) in [6.07, 6.45) is 4.58. The van der Waals surface area contributed by atoms with Gasteiger partial charge in [-0.3, -0.25) is 4.79 Å². The minimum Gasteiger partial charge on any atom is -0.337 e. The maximum atomic E-state index is 12.2. The van der Waals surface area contributed by atoms with Crippen LogP contribution in [0, 0.1) is 10.7 Å². The summed E-state index contributed by atoms with van der Waals surface area (Å²) in [6.45, 7) is 0. The number of Topliss-reactive ketones (excluding diaryl/α,β-unsaturated/α-hetero) is 1. The number of carbonyl (C=O) groups excluding carboxylic acids is 1. The first kappa shape index (κ1) is 10.9. The van der Waals surface area contributed by atoms with E-state index in [9.17, 15) is 4.79 Å². The highest BCUT2D eigenvalue weighted by Crippen LogP contribution is 2.30. The van der Waals surface area contributed by atoms with Crippen LogP contribution in [0.3, 0.4) is 0 Å². The van der Waals surface area contributed by atoms with Crippen molar-refractivity contribution in [1.29, 1.82) is 0 Å². The van der Waals surface area contributed by atoms with E-state index in [4.69, 9.17) is 12.2 Å². The standard InChI is InChI=1S/C12H12N2OS2/c15-11-7(5-8-6-13-12(16)14-8)1-2-10-9(11)3-4-17-10/h3-4,6-7H,1-2,5H2,(H2,13,14,16)/t7-/m0/s1. The Morgan fingerprint density at radius 2 is 2.41 bits per heavy atom. The zero-order valence-electron chi connectivity index (χ0n) is 9.16. The van der Waals surface area contributed by atoms with E-state index in [1.165, 1.54) is 4.88 Å². The maximum absolute atomic E-state index is 12.2. The summed E-state index contributed by atoms with van der Waals surface area (Å²) < 4.78 is 0.625. The number of nitrogens with one attached hydrogen (secondary N) is 2. The summed E-state index contributed by atoms with van der Waals surface area (Å²) in [5.41, 5.74) is 1.95. The second kappa shape index (κ2) is 4.23. The van der Waals surface area contributed by atoms with Gasteiger partial charge in [-0.1, -0.05) is 0 Å². The first-order valence-corrected chi connectivity index (χ1v) is 6.90. The summed E-state index contributed by atoms with van der Waals surface area (Å²) in [4.78, 5) is 19.5. The van der Waals surface area contributed by atoms with Crippen LogP contribution < -0.4 is 0 Å². The zero-order chi connectivity index (χ0) is 11.8. The molecular weight excluding hydrogens is 252 g/mol. The van der Waals surface area contributed by atoms with E-state index in [-0.39, 0.29) is 11.7 Å². The smallest absolute Gasteiger partial charge is 0.174 e. The average Bonchev–Trinajstić information content (AvgIpc) is 2.92. The number of aromatic nitrogens is 2. The molecule has 3 nitrogen and oxygen atoms in total. The Hall–Kier alpha value is -1.20. The number of imidazole rings is 1. The third-order valence-corrected chi connectivity index (χ3v) is 4.42. The van der Waals surface area contributed by atoms with Gasteiger partial charge in [-0.15, -0.1) is 11.3 Å². The molecule has 2 heterocycles. The molecule has 0 amide bonds. The quantitative estimate of drug-likeness (QED) is 0.819. The third-order valence-electron chi connectivity index (χ3n) is 3.22. The molecule has 0 aromatic carbocycles. The first-order chi connectivity index (χ1) is 8.24. The van der Waals surface area contributed by atoms with Crippen LogP contribution in [0.15, 0.2) is 17.6 Å². The van der Waals surface area contributed by atoms with Crippen molar-refractivity contribution >= 4 is 29.3 Å². The van der Waals surface area contributed by atoms with Gasteiger partial charge in [0.15, 0.2) is 10.6 Å². The molecule has 0 spiro atoms. The lowest BCUT2D eigenvalue weighted by molar-refractivity contribution is 0.0902. The second-order valence-electron chi connectivity index (χ2n) is 4.33. The fourth-order valence-electron chi connectivity index (χ4n) is 2.35. The molecule has 3 rings (SSSR count). The molecule has 1 aliphatic carbocycles. The van der Waals surface area contributed by atoms with Gasteiger partial charge in [0, 0.05) is 28.2 Å². The fourth-order valence-corrected chi connectivity index (χ4v) is 3.44. The average molecular weight is 264 g/mol. The van der Waals surface area contributed by atoms with Crippen molar-refractivity contribution in [3.63, 3.8) is 0 Å². The molecule has 88 valence electrons. The lowest BCUT2D eigenvalue weighted by Gasteiger charge is -2.20. The Balaban J connectivity index is 1.83. The molecule has 0 saturated heterocycles. The van der Waals surface area contributed by atoms with Crippen molar-refractivity contribution in [3.8, 4) is 0 Å². The van der Waals surface area contributed by atoms with Crippen molar-refractivity contribution in [2.75, 3.05) is 0 Å². The monoisotopic (exact) mass is 264 g/mol. The normalized spacial score (nSPS) is 19.3. The molecule has 1 atom stereocenters. The lowest BCUT2D eigenvalue weighted by atomic mass is 9.84. The summed E-state index contributed by atoms with van der Waals surface area (Å²) >= 11 is 6.67. The van der Waals surface area contributed by atoms with Crippen molar-refractivity contribution in [2.24, 2.45) is 5.92 Å². The molecule has 1 aliphatic rings. The molecule has 0 radical (unpaired) electrons. The van der Waals surface area contributed by atoms with Gasteiger partial charge in [0.2, 0.25) is 0 Å². The highest BCUT2D eigenvalue weighted by atomic mass is 32.1. The summed E-state index contributed by atoms with van der Waals surface area (Å²) in [5.74, 6) is 0.381. The molecule has 0 bridgehead atoms. The van der Waals surface area contributed by atoms with Crippen molar-refractivity contribution in [2.45, 2.75) is 19.3 Å². The number of hydrogen-bond acceptors (Lipinski definition) is 3. The number of thiophene rings is 1. The number of H-pyrrole nitrogens is 2. The van der Waals surface area contributed by atoms with Crippen LogP contribution in [-0.2, 0) is 12.8 Å². The van der Waals surface area contributed by atoms with Crippen LogP contribution in [0.1, 0.15) is 27.3 Å². The van der Waals surface area contributed by atoms with E-state index in [1.807, 2.05) is 17.6 Å². The topological polar surface area (TPSA) is 48.6 Å². The van der Waals surface area contributed by atoms with Crippen molar-refractivity contribution < 1.29 is 4.79 Å². The Kier molecular flexibility index (Phi) is 2.72. The second-order valence-corrected chi connectivity index (χ2v) is 5.74. The molecule has 2 N–H and O–H groups in total. The SMILES string of the molecule is O=C1c2ccsc2CC[C@H]1Cc1c[nH]c(=S)[nH]1. The van der Waals surface area contributed by atoms with Crippen LogP contribution in [0.2, 0.25) is 0 Å². The van der Waals surface area contributed by atoms with Gasteiger partial charge >= 0.3 is 0 Å². The van der Waals surface area contributed by atoms with E-state index < -0.39 is 0 Å². The molecule has 0 saturated carbocycles. The van der Waals surface area contributed by atoms with E-state index >= 15 is 0 Å². The number of aromatic amines is 2. The number of aryl methyl sites for hydroxylation is 1. The minimum absolute atomic E-state index is 0.0959. The van der Waals surface area contributed by atoms with Crippen LogP contribution >= 0.6 is 23.6 Å². The van der Waals surface area contributed by atoms with Gasteiger partial charge in [0.05, 0.1) is 0 Å². The van der Waals surface area contributed by atoms with E-state index in [0.29, 0.717) is 4.77 Å². The van der Waals surface area contributed by atoms with E-state index in [0.717, 1.165) is 30.5 Å². The predicted molar refractivity (Wildman–Crippen MR) is 70.1 cm³/mol. The minimum atomic E-state index is 0.0959. The van der Waals surface area contributed by atoms with Gasteiger partial charge in [0.25, 0.3) is 0 Å². The van der Waals surface area contributed by atoms with Gasteiger partial charge in [-0.25, -0.2) is 0 Å². The predicted octanol–water partition coefficient (Wildman–Crippen LogP) is 3.12. The largest absolute Gasteiger partial charge is 0.337 e. The molecule has 5 heteroatoms. The number of hydrogen-bond donors (Lipinski definition) is 2. The van der Waals surface area contributed by atoms with Crippen LogP contribution in [0.5, 0.6) is 0 Å². The summed E-state index contributed by atoms with van der Waals surface area (Å²) in [6, 6.07) is 1.95. The van der Waals surface area contributed by atoms with Crippen molar-refractivity contribution in [1.82, 2.24) is 9.97 Å². The Morgan fingerprint density at radius 3 is 3.18 bits per heavy atom. The van der Waals surface area contributed by atoms with Crippen LogP contribution in [-0.4, -0.2) is 15.8 Å². The van der Waals surface area contributed by atoms with Gasteiger partial charge in [-0.05, 0) is 42.9 Å². The van der Waals surface area contributed by atoms with Gasteiger partial charge in [-0.2, -0.15) is 0 Å². The molecule has 2 aromatic rings. The maximum Gasteiger partial charge on any atom is 0.174 e. The molecule has 2 aromatic heterocycles. The third kappa shape index (κ3) is 2.00. The lowest BCUT2D eigenvalue weighted by Crippen LogP contribution is -2.23. The fraction of sp³-hybridized carbons (Fsp3) is 0.333. The van der Waals surface area contributed by atoms with E-state index in [1.54, 1.807) is 11.3 Å². The molecule has 17 heavy (non-hydrogen) atoms. The van der Waals surface area contributed by atoms with Crippen LogP contribution in [0.4, 0.5) is 0 Å². The first-order valence-electron chi connectivity index (χ1n) is 5.61. The number of fused-ring (bicyclic) bond motifs is 1. The Labute approximate surface area is 108 Å². The van der Waals surface area contributed by atoms with Crippen molar-refractivity contribution in [3.05, 3.63) is 38.5 Å². The van der Waals surface area contributed by atoms with Gasteiger partial charge < -0.3 is 9.97 Å². The Morgan fingerprint density at radius 1 is 1.53 bits per heavy atom. The molecule has 0 fully saturated rings. The highest BCUT2D eigenvalue weighted by molar-refractivity contribution is 7.71. The zero-order valence-corrected chi connectivity index (χ0v) is 10.8. The van der Waals surface area contributed by atoms with Gasteiger partial charge in [0.1, 0.15) is 0 Å². The highest BCUT2D eigenvalue weighted by Gasteiger charge is 2.28. The Bertz CT molecular complexity index is 608. The number of carbonyl (C=O) groups is 1.